The second-order valence-electron chi connectivity index (χ2n) is 7.10. The normalized spacial score (nSPS) is 11.8. The van der Waals surface area contributed by atoms with E-state index in [1.54, 1.807) is 29.2 Å². The van der Waals surface area contributed by atoms with E-state index < -0.39 is 0 Å². The number of hydrogen-bond donors (Lipinski definition) is 1. The van der Waals surface area contributed by atoms with Gasteiger partial charge in [-0.25, -0.2) is 0 Å². The maximum Gasteiger partial charge on any atom is 0.255 e. The Balaban J connectivity index is 1.67. The van der Waals surface area contributed by atoms with Gasteiger partial charge in [0.2, 0.25) is 5.91 Å². The number of carbonyl (C=O) groups is 2. The summed E-state index contributed by atoms with van der Waals surface area (Å²) in [5.41, 5.74) is 1.21. The van der Waals surface area contributed by atoms with Crippen molar-refractivity contribution in [3.8, 4) is 0 Å². The van der Waals surface area contributed by atoms with Gasteiger partial charge in [-0.05, 0) is 48.4 Å². The van der Waals surface area contributed by atoms with Crippen molar-refractivity contribution < 1.29 is 9.59 Å². The van der Waals surface area contributed by atoms with Crippen LogP contribution in [0.1, 0.15) is 37.0 Å². The lowest BCUT2D eigenvalue weighted by Crippen LogP contribution is -2.40. The third kappa shape index (κ3) is 5.15. The standard InChI is InChI=1S/C24H25ClN2O2/c1-3-17(2)27(24(29)21-10-6-7-11-22(21)25)15-14-23(28)26-20-13-12-18-8-4-5-9-19(18)16-20/h4-13,16-17H,3,14-15H2,1-2H3,(H,26,28). The van der Waals surface area contributed by atoms with Gasteiger partial charge in [-0.3, -0.25) is 9.59 Å². The van der Waals surface area contributed by atoms with Gasteiger partial charge in [0.1, 0.15) is 0 Å². The molecule has 3 aromatic rings. The van der Waals surface area contributed by atoms with E-state index in [1.165, 1.54) is 0 Å². The smallest absolute Gasteiger partial charge is 0.255 e. The molecule has 0 aromatic heterocycles. The van der Waals surface area contributed by atoms with Gasteiger partial charge in [0.25, 0.3) is 5.91 Å². The van der Waals surface area contributed by atoms with Crippen LogP contribution in [-0.2, 0) is 4.79 Å². The van der Waals surface area contributed by atoms with Crippen LogP contribution in [0.2, 0.25) is 5.02 Å². The molecule has 0 saturated heterocycles. The first-order valence-corrected chi connectivity index (χ1v) is 10.2. The van der Waals surface area contributed by atoms with E-state index in [2.05, 4.69) is 5.32 Å². The second kappa shape index (κ2) is 9.57. The van der Waals surface area contributed by atoms with Gasteiger partial charge in [-0.1, -0.05) is 61.0 Å². The van der Waals surface area contributed by atoms with Crippen LogP contribution < -0.4 is 5.32 Å². The lowest BCUT2D eigenvalue weighted by atomic mass is 10.1. The summed E-state index contributed by atoms with van der Waals surface area (Å²) < 4.78 is 0. The Kier molecular flexibility index (Phi) is 6.89. The molecule has 150 valence electrons. The highest BCUT2D eigenvalue weighted by molar-refractivity contribution is 6.33. The molecule has 0 radical (unpaired) electrons. The molecule has 0 fully saturated rings. The fraction of sp³-hybridized carbons (Fsp3) is 0.250. The van der Waals surface area contributed by atoms with Gasteiger partial charge in [0.05, 0.1) is 10.6 Å². The number of benzene rings is 3. The van der Waals surface area contributed by atoms with Gasteiger partial charge >= 0.3 is 0 Å². The lowest BCUT2D eigenvalue weighted by molar-refractivity contribution is -0.116. The minimum atomic E-state index is -0.150. The molecule has 1 atom stereocenters. The minimum Gasteiger partial charge on any atom is -0.335 e. The molecule has 4 nitrogen and oxygen atoms in total. The lowest BCUT2D eigenvalue weighted by Gasteiger charge is -2.29. The largest absolute Gasteiger partial charge is 0.335 e. The van der Waals surface area contributed by atoms with E-state index >= 15 is 0 Å². The first-order valence-electron chi connectivity index (χ1n) is 9.83. The molecule has 29 heavy (non-hydrogen) atoms. The van der Waals surface area contributed by atoms with Crippen LogP contribution in [-0.4, -0.2) is 29.3 Å². The van der Waals surface area contributed by atoms with Gasteiger partial charge in [0, 0.05) is 24.7 Å². The zero-order valence-electron chi connectivity index (χ0n) is 16.7. The fourth-order valence-corrected chi connectivity index (χ4v) is 3.46. The second-order valence-corrected chi connectivity index (χ2v) is 7.50. The van der Waals surface area contributed by atoms with E-state index in [4.69, 9.17) is 11.6 Å². The SMILES string of the molecule is CCC(C)N(CCC(=O)Nc1ccc2ccccc2c1)C(=O)c1ccccc1Cl. The molecule has 1 unspecified atom stereocenters. The van der Waals surface area contributed by atoms with E-state index in [-0.39, 0.29) is 24.3 Å². The molecule has 0 aliphatic rings. The predicted molar refractivity (Wildman–Crippen MR) is 119 cm³/mol. The zero-order valence-corrected chi connectivity index (χ0v) is 17.4. The summed E-state index contributed by atoms with van der Waals surface area (Å²) in [5.74, 6) is -0.274. The third-order valence-corrected chi connectivity index (χ3v) is 5.43. The van der Waals surface area contributed by atoms with Crippen molar-refractivity contribution in [1.29, 1.82) is 0 Å². The minimum absolute atomic E-state index is 0.00671. The summed E-state index contributed by atoms with van der Waals surface area (Å²) in [6.07, 6.45) is 1.01. The number of nitrogens with zero attached hydrogens (tertiary/aromatic N) is 1. The van der Waals surface area contributed by atoms with E-state index in [0.29, 0.717) is 17.1 Å². The summed E-state index contributed by atoms with van der Waals surface area (Å²) in [7, 11) is 0. The van der Waals surface area contributed by atoms with Crippen molar-refractivity contribution >= 4 is 39.9 Å². The van der Waals surface area contributed by atoms with E-state index in [0.717, 1.165) is 22.9 Å². The van der Waals surface area contributed by atoms with Gasteiger partial charge in [-0.15, -0.1) is 0 Å². The molecule has 2 amide bonds. The Morgan fingerprint density at radius 2 is 1.69 bits per heavy atom. The molecule has 0 saturated carbocycles. The summed E-state index contributed by atoms with van der Waals surface area (Å²) in [6.45, 7) is 4.33. The van der Waals surface area contributed by atoms with Crippen LogP contribution >= 0.6 is 11.6 Å². The number of halogens is 1. The quantitative estimate of drug-likeness (QED) is 0.540. The Morgan fingerprint density at radius 1 is 1.00 bits per heavy atom. The molecule has 0 bridgehead atoms. The number of carbonyl (C=O) groups excluding carboxylic acids is 2. The number of rotatable bonds is 7. The average molecular weight is 409 g/mol. The van der Waals surface area contributed by atoms with Gasteiger partial charge < -0.3 is 10.2 Å². The summed E-state index contributed by atoms with van der Waals surface area (Å²) in [4.78, 5) is 27.2. The van der Waals surface area contributed by atoms with Crippen LogP contribution in [0, 0.1) is 0 Å². The predicted octanol–water partition coefficient (Wildman–Crippen LogP) is 5.76. The van der Waals surface area contributed by atoms with Gasteiger partial charge in [-0.2, -0.15) is 0 Å². The average Bonchev–Trinajstić information content (AvgIpc) is 2.73. The number of fused-ring (bicyclic) bond motifs is 1. The first-order chi connectivity index (χ1) is 14.0. The van der Waals surface area contributed by atoms with Crippen LogP contribution in [0.4, 0.5) is 5.69 Å². The molecular weight excluding hydrogens is 384 g/mol. The van der Waals surface area contributed by atoms with Crippen molar-refractivity contribution in [3.63, 3.8) is 0 Å². The maximum atomic E-state index is 13.0. The molecule has 0 aliphatic heterocycles. The molecule has 1 N–H and O–H groups in total. The van der Waals surface area contributed by atoms with Crippen molar-refractivity contribution in [2.75, 3.05) is 11.9 Å². The van der Waals surface area contributed by atoms with Crippen LogP contribution in [0.25, 0.3) is 10.8 Å². The van der Waals surface area contributed by atoms with E-state index in [1.807, 2.05) is 56.3 Å². The van der Waals surface area contributed by atoms with Crippen molar-refractivity contribution in [1.82, 2.24) is 4.90 Å². The summed E-state index contributed by atoms with van der Waals surface area (Å²) in [5, 5.41) is 5.55. The van der Waals surface area contributed by atoms with Crippen molar-refractivity contribution in [3.05, 3.63) is 77.3 Å². The maximum absolute atomic E-state index is 13.0. The number of anilines is 1. The van der Waals surface area contributed by atoms with E-state index in [9.17, 15) is 9.59 Å². The van der Waals surface area contributed by atoms with Crippen molar-refractivity contribution in [2.45, 2.75) is 32.7 Å². The fourth-order valence-electron chi connectivity index (χ4n) is 3.24. The molecule has 0 heterocycles. The zero-order chi connectivity index (χ0) is 20.8. The third-order valence-electron chi connectivity index (χ3n) is 5.10. The molecule has 0 spiro atoms. The topological polar surface area (TPSA) is 49.4 Å². The Labute approximate surface area is 176 Å². The monoisotopic (exact) mass is 408 g/mol. The number of nitrogens with one attached hydrogen (secondary N) is 1. The Hall–Kier alpha value is -2.85. The molecule has 3 rings (SSSR count). The number of hydrogen-bond acceptors (Lipinski definition) is 2. The highest BCUT2D eigenvalue weighted by atomic mass is 35.5. The first kappa shape index (κ1) is 20.9. The highest BCUT2D eigenvalue weighted by Crippen LogP contribution is 2.21. The van der Waals surface area contributed by atoms with Crippen LogP contribution in [0.15, 0.2) is 66.7 Å². The van der Waals surface area contributed by atoms with Crippen LogP contribution in [0.5, 0.6) is 0 Å². The van der Waals surface area contributed by atoms with Crippen molar-refractivity contribution in [2.24, 2.45) is 0 Å². The Bertz CT molecular complexity index is 1020. The molecule has 0 aliphatic carbocycles. The molecule has 3 aromatic carbocycles. The molecular formula is C24H25ClN2O2. The van der Waals surface area contributed by atoms with Gasteiger partial charge in [0.15, 0.2) is 0 Å². The summed E-state index contributed by atoms with van der Waals surface area (Å²) in [6, 6.07) is 20.8. The highest BCUT2D eigenvalue weighted by Gasteiger charge is 2.23. The Morgan fingerprint density at radius 3 is 2.41 bits per heavy atom. The number of amides is 2. The van der Waals surface area contributed by atoms with Crippen LogP contribution in [0.3, 0.4) is 0 Å². The summed E-state index contributed by atoms with van der Waals surface area (Å²) >= 11 is 6.20. The molecule has 5 heteroatoms.